The lowest BCUT2D eigenvalue weighted by molar-refractivity contribution is -0.137. The van der Waals surface area contributed by atoms with Crippen molar-refractivity contribution in [3.8, 4) is 5.75 Å². The van der Waals surface area contributed by atoms with Gasteiger partial charge in [0.05, 0.1) is 5.54 Å². The Morgan fingerprint density at radius 3 is 1.71 bits per heavy atom. The Hall–Kier alpha value is -4.58. The standard InChI is InChI=1S/C41H70N12O9S/c42-38(61)32(23-63)51-33(55)6-2-1-3-15-48-39(62)31(22-29-11-13-30(54)14-12-29)50-34(56)7-4-8-35(57)52-40-24-43-16-18-46-27-41(49-21-20-45-26-40,28-47-19-17-44-25-40)53-36(58)9-5-10-37(59)60/h11-14,31-32,43-47,49,54,63H,1-10,15-28H2,(H2,42,61)(H,48,62)(H,50,56)(H,51,55)(H,52,57)(H,53,58)(H,59,60)/t31-,32?,40-,41+/m0/s1. The van der Waals surface area contributed by atoms with E-state index in [1.54, 1.807) is 12.1 Å². The molecule has 6 amide bonds. The Morgan fingerprint density at radius 2 is 1.14 bits per heavy atom. The number of thiol groups is 1. The van der Waals surface area contributed by atoms with Gasteiger partial charge in [-0.05, 0) is 43.4 Å². The fourth-order valence-corrected chi connectivity index (χ4v) is 7.48. The van der Waals surface area contributed by atoms with Crippen LogP contribution in [0.1, 0.15) is 69.8 Å². The second-order valence-corrected chi connectivity index (χ2v) is 16.5. The lowest BCUT2D eigenvalue weighted by atomic mass is 9.97. The lowest BCUT2D eigenvalue weighted by Crippen LogP contribution is -2.69. The number of aromatic hydroxyl groups is 1. The van der Waals surface area contributed by atoms with Gasteiger partial charge in [-0.15, -0.1) is 0 Å². The highest BCUT2D eigenvalue weighted by Gasteiger charge is 2.34. The highest BCUT2D eigenvalue weighted by atomic mass is 32.1. The number of carbonyl (C=O) groups excluding carboxylic acids is 6. The highest BCUT2D eigenvalue weighted by molar-refractivity contribution is 7.80. The van der Waals surface area contributed by atoms with Gasteiger partial charge >= 0.3 is 5.97 Å². The van der Waals surface area contributed by atoms with Crippen LogP contribution in [0.2, 0.25) is 0 Å². The number of hydrogen-bond donors (Lipinski definition) is 15. The molecule has 2 saturated heterocycles. The van der Waals surface area contributed by atoms with Gasteiger partial charge in [-0.2, -0.15) is 12.6 Å². The van der Waals surface area contributed by atoms with E-state index >= 15 is 0 Å². The molecule has 2 heterocycles. The number of benzene rings is 1. The second-order valence-electron chi connectivity index (χ2n) is 16.2. The Kier molecular flexibility index (Phi) is 24.3. The van der Waals surface area contributed by atoms with Gasteiger partial charge < -0.3 is 69.1 Å². The minimum Gasteiger partial charge on any atom is -0.508 e. The number of amides is 6. The zero-order valence-electron chi connectivity index (χ0n) is 36.2. The van der Waals surface area contributed by atoms with Crippen LogP contribution in [0.3, 0.4) is 0 Å². The van der Waals surface area contributed by atoms with Crippen molar-refractivity contribution in [2.45, 2.75) is 93.9 Å². The summed E-state index contributed by atoms with van der Waals surface area (Å²) >= 11 is 4.02. The molecule has 0 saturated carbocycles. The molecule has 0 spiro atoms. The van der Waals surface area contributed by atoms with Crippen LogP contribution >= 0.6 is 12.6 Å². The summed E-state index contributed by atoms with van der Waals surface area (Å²) in [5.41, 5.74) is 4.42. The number of primary amides is 1. The normalized spacial score (nSPS) is 20.8. The summed E-state index contributed by atoms with van der Waals surface area (Å²) in [4.78, 5) is 87.4. The van der Waals surface area contributed by atoms with E-state index < -0.39 is 47.0 Å². The number of phenolic OH excluding ortho intramolecular Hbond substituents is 1. The SMILES string of the molecule is NC(=O)C(CS)NC(=O)CCCCCNC(=O)[C@H](Cc1ccc(O)cc1)NC(=O)CCCC(=O)N[C@]12CNCCNC[C@](NC(=O)CCCC(=O)O)(CNCCNC1)NCCNC2. The average molecular weight is 907 g/mol. The maximum Gasteiger partial charge on any atom is 0.303 e. The predicted molar refractivity (Wildman–Crippen MR) is 240 cm³/mol. The molecule has 15 N–H and O–H groups in total. The molecule has 2 aliphatic rings. The van der Waals surface area contributed by atoms with Crippen LogP contribution in [-0.4, -0.2) is 159 Å². The topological polar surface area (TPSA) is 318 Å². The fourth-order valence-electron chi connectivity index (χ4n) is 7.21. The molecule has 0 aliphatic carbocycles. The summed E-state index contributed by atoms with van der Waals surface area (Å²) in [6.45, 7) is 5.76. The third kappa shape index (κ3) is 21.6. The molecule has 2 aliphatic heterocycles. The van der Waals surface area contributed by atoms with Crippen molar-refractivity contribution >= 4 is 54.0 Å². The fraction of sp³-hybridized carbons (Fsp3) is 0.683. The molecule has 1 aromatic carbocycles. The van der Waals surface area contributed by atoms with Gasteiger partial charge in [0.1, 0.15) is 23.5 Å². The predicted octanol–water partition coefficient (Wildman–Crippen LogP) is -3.35. The number of phenols is 1. The van der Waals surface area contributed by atoms with E-state index in [1.165, 1.54) is 12.1 Å². The summed E-state index contributed by atoms with van der Waals surface area (Å²) in [5, 5.41) is 54.0. The quantitative estimate of drug-likeness (QED) is 0.0377. The van der Waals surface area contributed by atoms with E-state index in [0.717, 1.165) is 5.56 Å². The van der Waals surface area contributed by atoms with E-state index in [1.807, 2.05) is 0 Å². The third-order valence-electron chi connectivity index (χ3n) is 10.6. The Labute approximate surface area is 374 Å². The van der Waals surface area contributed by atoms with Crippen molar-refractivity contribution in [3.63, 3.8) is 0 Å². The number of carboxylic acids is 1. The van der Waals surface area contributed by atoms with Crippen molar-refractivity contribution in [3.05, 3.63) is 29.8 Å². The molecule has 1 unspecified atom stereocenters. The second kappa shape index (κ2) is 29.0. The van der Waals surface area contributed by atoms with Crippen molar-refractivity contribution in [1.29, 1.82) is 0 Å². The van der Waals surface area contributed by atoms with Crippen molar-refractivity contribution in [2.24, 2.45) is 5.73 Å². The van der Waals surface area contributed by atoms with Crippen LogP contribution < -0.4 is 64.2 Å². The molecule has 0 aromatic heterocycles. The molecular formula is C41H70N12O9S. The number of nitrogens with one attached hydrogen (secondary N) is 11. The number of fused-ring (bicyclic) bond motifs is 6. The maximum atomic E-state index is 13.5. The molecule has 22 heteroatoms. The van der Waals surface area contributed by atoms with Gasteiger partial charge in [0.25, 0.3) is 0 Å². The number of rotatable bonds is 23. The molecule has 354 valence electrons. The van der Waals surface area contributed by atoms with Crippen LogP contribution in [0, 0.1) is 0 Å². The molecule has 2 bridgehead atoms. The Bertz CT molecular complexity index is 1610. The van der Waals surface area contributed by atoms with Crippen molar-refractivity contribution in [2.75, 3.05) is 84.3 Å². The molecule has 3 rings (SSSR count). The molecular weight excluding hydrogens is 837 g/mol. The Balaban J connectivity index is 1.53. The maximum absolute atomic E-state index is 13.5. The largest absolute Gasteiger partial charge is 0.508 e. The minimum absolute atomic E-state index is 0.00127. The van der Waals surface area contributed by atoms with E-state index in [0.29, 0.717) is 97.8 Å². The summed E-state index contributed by atoms with van der Waals surface area (Å²) in [5.74, 6) is -2.99. The van der Waals surface area contributed by atoms with E-state index in [9.17, 15) is 38.7 Å². The highest BCUT2D eigenvalue weighted by Crippen LogP contribution is 2.13. The zero-order valence-corrected chi connectivity index (χ0v) is 37.1. The van der Waals surface area contributed by atoms with E-state index in [-0.39, 0.29) is 80.6 Å². The molecule has 2 atom stereocenters. The first-order chi connectivity index (χ1) is 30.2. The number of hydrogen-bond acceptors (Lipinski definition) is 15. The van der Waals surface area contributed by atoms with Gasteiger partial charge in [0.2, 0.25) is 35.4 Å². The summed E-state index contributed by atoms with van der Waals surface area (Å²) in [6, 6.07) is 4.60. The molecule has 0 radical (unpaired) electrons. The number of carbonyl (C=O) groups is 7. The van der Waals surface area contributed by atoms with Gasteiger partial charge in [-0.1, -0.05) is 18.6 Å². The zero-order chi connectivity index (χ0) is 45.9. The first-order valence-corrected chi connectivity index (χ1v) is 22.5. The lowest BCUT2D eigenvalue weighted by Gasteiger charge is -2.37. The van der Waals surface area contributed by atoms with Gasteiger partial charge in [0, 0.05) is 123 Å². The van der Waals surface area contributed by atoms with E-state index in [2.05, 4.69) is 71.1 Å². The van der Waals surface area contributed by atoms with Crippen LogP contribution in [0.4, 0.5) is 0 Å². The number of unbranched alkanes of at least 4 members (excludes halogenated alkanes) is 2. The first kappa shape index (κ1) is 52.8. The van der Waals surface area contributed by atoms with Crippen LogP contribution in [0.25, 0.3) is 0 Å². The minimum atomic E-state index is -0.945. The summed E-state index contributed by atoms with van der Waals surface area (Å²) in [7, 11) is 0. The monoisotopic (exact) mass is 907 g/mol. The van der Waals surface area contributed by atoms with Crippen LogP contribution in [0.5, 0.6) is 5.75 Å². The summed E-state index contributed by atoms with van der Waals surface area (Å²) in [6.07, 6.45) is 2.65. The molecule has 21 nitrogen and oxygen atoms in total. The number of nitrogens with two attached hydrogens (primary N) is 1. The van der Waals surface area contributed by atoms with Crippen molar-refractivity contribution in [1.82, 2.24) is 58.5 Å². The molecule has 1 aromatic rings. The van der Waals surface area contributed by atoms with Crippen LogP contribution in [0.15, 0.2) is 24.3 Å². The van der Waals surface area contributed by atoms with E-state index in [4.69, 9.17) is 10.8 Å². The van der Waals surface area contributed by atoms with Gasteiger partial charge in [0.15, 0.2) is 0 Å². The third-order valence-corrected chi connectivity index (χ3v) is 11.0. The Morgan fingerprint density at radius 1 is 0.635 bits per heavy atom. The van der Waals surface area contributed by atoms with Crippen molar-refractivity contribution < 1.29 is 43.8 Å². The van der Waals surface area contributed by atoms with Gasteiger partial charge in [-0.25, -0.2) is 0 Å². The number of aliphatic carboxylic acids is 1. The van der Waals surface area contributed by atoms with Gasteiger partial charge in [-0.3, -0.25) is 38.9 Å². The first-order valence-electron chi connectivity index (χ1n) is 21.9. The average Bonchev–Trinajstić information content (AvgIpc) is 3.26. The molecule has 63 heavy (non-hydrogen) atoms. The molecule has 2 fully saturated rings. The van der Waals surface area contributed by atoms with Crippen LogP contribution in [-0.2, 0) is 40.0 Å². The summed E-state index contributed by atoms with van der Waals surface area (Å²) < 4.78 is 0. The number of carboxylic acid groups (broad SMARTS) is 1. The smallest absolute Gasteiger partial charge is 0.303 e.